The van der Waals surface area contributed by atoms with Gasteiger partial charge in [0.25, 0.3) is 0 Å². The smallest absolute Gasteiger partial charge is 0.317 e. The summed E-state index contributed by atoms with van der Waals surface area (Å²) in [6.07, 6.45) is 4.26. The molecule has 7 nitrogen and oxygen atoms in total. The van der Waals surface area contributed by atoms with Gasteiger partial charge in [-0.05, 0) is 46.5 Å². The molecule has 1 aliphatic heterocycles. The zero-order valence-corrected chi connectivity index (χ0v) is 19.3. The zero-order chi connectivity index (χ0) is 22.2. The zero-order valence-electron chi connectivity index (χ0n) is 19.3. The molecule has 3 rings (SSSR count). The Morgan fingerprint density at radius 3 is 2.77 bits per heavy atom. The number of carbonyl (C=O) groups is 1. The van der Waals surface area contributed by atoms with Crippen LogP contribution < -0.4 is 10.2 Å². The minimum atomic E-state index is -0.0797. The normalized spacial score (nSPS) is 16.5. The summed E-state index contributed by atoms with van der Waals surface area (Å²) >= 11 is 0. The van der Waals surface area contributed by atoms with Crippen molar-refractivity contribution in [1.82, 2.24) is 15.4 Å². The molecule has 1 N–H and O–H groups in total. The summed E-state index contributed by atoms with van der Waals surface area (Å²) in [6, 6.07) is 10.4. The van der Waals surface area contributed by atoms with Crippen molar-refractivity contribution < 1.29 is 14.1 Å². The topological polar surface area (TPSA) is 70.8 Å². The highest BCUT2D eigenvalue weighted by Gasteiger charge is 2.29. The van der Waals surface area contributed by atoms with Gasteiger partial charge in [0, 0.05) is 44.5 Å². The lowest BCUT2D eigenvalue weighted by Crippen LogP contribution is -2.44. The second kappa shape index (κ2) is 11.2. The SMILES string of the molecule is COCCCN(Cc1c(-c2ccccc2)noc1N1CCCCC1C)C(=O)NC(C)C. The van der Waals surface area contributed by atoms with E-state index >= 15 is 0 Å². The summed E-state index contributed by atoms with van der Waals surface area (Å²) < 4.78 is 11.2. The van der Waals surface area contributed by atoms with Crippen LogP contribution in [0.1, 0.15) is 52.0 Å². The van der Waals surface area contributed by atoms with E-state index in [9.17, 15) is 4.79 Å². The van der Waals surface area contributed by atoms with Crippen LogP contribution in [0.5, 0.6) is 0 Å². The summed E-state index contributed by atoms with van der Waals surface area (Å²) in [6.45, 7) is 8.77. The molecule has 2 aromatic rings. The van der Waals surface area contributed by atoms with E-state index in [1.165, 1.54) is 6.42 Å². The van der Waals surface area contributed by atoms with Gasteiger partial charge in [-0.25, -0.2) is 4.79 Å². The lowest BCUT2D eigenvalue weighted by Gasteiger charge is -2.34. The van der Waals surface area contributed by atoms with E-state index in [0.29, 0.717) is 25.7 Å². The van der Waals surface area contributed by atoms with Crippen LogP contribution in [0.4, 0.5) is 10.7 Å². The fourth-order valence-electron chi connectivity index (χ4n) is 4.07. The molecular formula is C24H36N4O3. The predicted molar refractivity (Wildman–Crippen MR) is 123 cm³/mol. The summed E-state index contributed by atoms with van der Waals surface area (Å²) in [7, 11) is 1.68. The van der Waals surface area contributed by atoms with Crippen molar-refractivity contribution in [2.75, 3.05) is 31.7 Å². The number of aromatic nitrogens is 1. The lowest BCUT2D eigenvalue weighted by molar-refractivity contribution is 0.165. The Kier molecular flexibility index (Phi) is 8.35. The Hall–Kier alpha value is -2.54. The highest BCUT2D eigenvalue weighted by molar-refractivity contribution is 5.76. The number of nitrogens with zero attached hydrogens (tertiary/aromatic N) is 3. The van der Waals surface area contributed by atoms with Gasteiger partial charge in [0.2, 0.25) is 5.88 Å². The number of benzene rings is 1. The molecule has 7 heteroatoms. The van der Waals surface area contributed by atoms with Gasteiger partial charge in [0.05, 0.1) is 12.1 Å². The van der Waals surface area contributed by atoms with Crippen LogP contribution in [-0.2, 0) is 11.3 Å². The first-order valence-corrected chi connectivity index (χ1v) is 11.4. The molecule has 2 heterocycles. The number of methoxy groups -OCH3 is 1. The van der Waals surface area contributed by atoms with Crippen LogP contribution in [0.15, 0.2) is 34.9 Å². The summed E-state index contributed by atoms with van der Waals surface area (Å²) in [5.74, 6) is 0.792. The fourth-order valence-corrected chi connectivity index (χ4v) is 4.07. The molecule has 1 aromatic carbocycles. The summed E-state index contributed by atoms with van der Waals surface area (Å²) in [5, 5.41) is 7.50. The average molecular weight is 429 g/mol. The van der Waals surface area contributed by atoms with Gasteiger partial charge in [-0.2, -0.15) is 0 Å². The first kappa shape index (κ1) is 23.1. The maximum Gasteiger partial charge on any atom is 0.317 e. The van der Waals surface area contributed by atoms with Crippen LogP contribution in [0.25, 0.3) is 11.3 Å². The number of piperidine rings is 1. The standard InChI is InChI=1S/C24H36N4O3/c1-18(2)25-24(29)27(14-10-16-30-4)17-21-22(20-12-6-5-7-13-20)26-31-23(21)28-15-9-8-11-19(28)3/h5-7,12-13,18-19H,8-11,14-17H2,1-4H3,(H,25,29). The quantitative estimate of drug-likeness (QED) is 0.588. The van der Waals surface area contributed by atoms with Crippen molar-refractivity contribution in [3.63, 3.8) is 0 Å². The van der Waals surface area contributed by atoms with Gasteiger partial charge >= 0.3 is 6.03 Å². The first-order chi connectivity index (χ1) is 15.0. The van der Waals surface area contributed by atoms with E-state index in [1.807, 2.05) is 49.1 Å². The molecule has 1 aliphatic rings. The molecule has 1 aromatic heterocycles. The summed E-state index contributed by atoms with van der Waals surface area (Å²) in [5.41, 5.74) is 2.78. The summed E-state index contributed by atoms with van der Waals surface area (Å²) in [4.78, 5) is 17.1. The second-order valence-electron chi connectivity index (χ2n) is 8.59. The minimum absolute atomic E-state index is 0.0649. The number of hydrogen-bond donors (Lipinski definition) is 1. The Morgan fingerprint density at radius 2 is 2.10 bits per heavy atom. The van der Waals surface area contributed by atoms with Gasteiger partial charge in [-0.3, -0.25) is 0 Å². The van der Waals surface area contributed by atoms with Crippen LogP contribution in [0.2, 0.25) is 0 Å². The van der Waals surface area contributed by atoms with Gasteiger partial charge in [-0.15, -0.1) is 0 Å². The Labute approximate surface area is 185 Å². The van der Waals surface area contributed by atoms with Crippen molar-refractivity contribution in [3.05, 3.63) is 35.9 Å². The van der Waals surface area contributed by atoms with Crippen molar-refractivity contribution in [2.24, 2.45) is 0 Å². The molecule has 2 amide bonds. The number of anilines is 1. The van der Waals surface area contributed by atoms with E-state index in [2.05, 4.69) is 22.3 Å². The van der Waals surface area contributed by atoms with Crippen LogP contribution >= 0.6 is 0 Å². The van der Waals surface area contributed by atoms with E-state index in [0.717, 1.165) is 48.5 Å². The third-order valence-electron chi connectivity index (χ3n) is 5.70. The van der Waals surface area contributed by atoms with Crippen molar-refractivity contribution in [1.29, 1.82) is 0 Å². The number of carbonyl (C=O) groups excluding carboxylic acids is 1. The van der Waals surface area contributed by atoms with Crippen LogP contribution in [0.3, 0.4) is 0 Å². The molecular weight excluding hydrogens is 392 g/mol. The third kappa shape index (κ3) is 6.00. The fraction of sp³-hybridized carbons (Fsp3) is 0.583. The number of rotatable bonds is 9. The number of hydrogen-bond acceptors (Lipinski definition) is 5. The van der Waals surface area contributed by atoms with Crippen molar-refractivity contribution in [2.45, 2.75) is 65.1 Å². The third-order valence-corrected chi connectivity index (χ3v) is 5.70. The Bertz CT molecular complexity index is 821. The van der Waals surface area contributed by atoms with E-state index in [-0.39, 0.29) is 12.1 Å². The van der Waals surface area contributed by atoms with Gasteiger partial charge < -0.3 is 24.4 Å². The molecule has 31 heavy (non-hydrogen) atoms. The van der Waals surface area contributed by atoms with Crippen LogP contribution in [-0.4, -0.2) is 55.0 Å². The maximum atomic E-state index is 13.0. The molecule has 1 unspecified atom stereocenters. The van der Waals surface area contributed by atoms with Crippen LogP contribution in [0, 0.1) is 0 Å². The molecule has 0 bridgehead atoms. The second-order valence-corrected chi connectivity index (χ2v) is 8.59. The monoisotopic (exact) mass is 428 g/mol. The molecule has 1 fully saturated rings. The van der Waals surface area contributed by atoms with Gasteiger partial charge in [-0.1, -0.05) is 35.5 Å². The van der Waals surface area contributed by atoms with Gasteiger partial charge in [0.1, 0.15) is 5.69 Å². The van der Waals surface area contributed by atoms with Crippen molar-refractivity contribution >= 4 is 11.9 Å². The highest BCUT2D eigenvalue weighted by atomic mass is 16.5. The molecule has 0 saturated carbocycles. The molecule has 0 aliphatic carbocycles. The Morgan fingerprint density at radius 1 is 1.32 bits per heavy atom. The number of ether oxygens (including phenoxy) is 1. The molecule has 0 radical (unpaired) electrons. The van der Waals surface area contributed by atoms with Gasteiger partial charge in [0.15, 0.2) is 0 Å². The van der Waals surface area contributed by atoms with E-state index in [1.54, 1.807) is 7.11 Å². The van der Waals surface area contributed by atoms with E-state index in [4.69, 9.17) is 9.26 Å². The number of amides is 2. The minimum Gasteiger partial charge on any atom is -0.385 e. The molecule has 1 atom stereocenters. The molecule has 170 valence electrons. The number of urea groups is 1. The Balaban J connectivity index is 1.96. The average Bonchev–Trinajstić information content (AvgIpc) is 3.17. The molecule has 1 saturated heterocycles. The predicted octanol–water partition coefficient (Wildman–Crippen LogP) is 4.68. The molecule has 0 spiro atoms. The maximum absolute atomic E-state index is 13.0. The van der Waals surface area contributed by atoms with E-state index < -0.39 is 0 Å². The largest absolute Gasteiger partial charge is 0.385 e. The van der Waals surface area contributed by atoms with Crippen molar-refractivity contribution in [3.8, 4) is 11.3 Å². The highest BCUT2D eigenvalue weighted by Crippen LogP contribution is 2.35. The lowest BCUT2D eigenvalue weighted by atomic mass is 10.0. The first-order valence-electron chi connectivity index (χ1n) is 11.4. The number of nitrogens with one attached hydrogen (secondary N) is 1.